The minimum atomic E-state index is 0. The quantitative estimate of drug-likeness (QED) is 0.215. The van der Waals surface area contributed by atoms with Crippen molar-refractivity contribution in [3.05, 3.63) is 24.3 Å². The van der Waals surface area contributed by atoms with Crippen molar-refractivity contribution >= 4 is 23.5 Å². The summed E-state index contributed by atoms with van der Waals surface area (Å²) in [4.78, 5) is 10.5. The molecule has 2 saturated heterocycles. The first-order valence-corrected chi connectivity index (χ1v) is 7.94. The van der Waals surface area contributed by atoms with E-state index in [1.54, 1.807) is 18.6 Å². The van der Waals surface area contributed by atoms with Crippen LogP contribution < -0.4 is 12.4 Å². The minimum Gasteiger partial charge on any atom is -1.00 e. The molecule has 3 aliphatic rings. The van der Waals surface area contributed by atoms with Gasteiger partial charge in [0.05, 0.1) is 11.9 Å². The van der Waals surface area contributed by atoms with Crippen LogP contribution in [0.15, 0.2) is 28.8 Å². The van der Waals surface area contributed by atoms with E-state index in [2.05, 4.69) is 25.1 Å². The zero-order chi connectivity index (χ0) is 14.7. The van der Waals surface area contributed by atoms with Gasteiger partial charge in [0, 0.05) is 30.7 Å². The van der Waals surface area contributed by atoms with E-state index < -0.39 is 0 Å². The Hall–Kier alpha value is -0.751. The fourth-order valence-corrected chi connectivity index (χ4v) is 3.36. The number of amidine groups is 1. The molecule has 2 aliphatic heterocycles. The monoisotopic (exact) mass is 400 g/mol. The molecule has 129 valence electrons. The molecule has 1 aromatic rings. The van der Waals surface area contributed by atoms with Crippen molar-refractivity contribution in [3.8, 4) is 0 Å². The van der Waals surface area contributed by atoms with Crippen LogP contribution in [-0.4, -0.2) is 38.8 Å². The van der Waals surface area contributed by atoms with E-state index in [1.165, 1.54) is 25.7 Å². The Bertz CT molecular complexity index is 532. The standard InChI is InChI=1S/C15H21N5S.ClH.Cu/c1-11(14-8-16-6-7-17-14)18-19-15(21)20-9-12-2-3-13(10-20)5-4-12;;/h6-8,12-13H,2-5,9-10H2,1H3,(H,19,21);1H;/q;;+2/p-2/b18-11+;;. The van der Waals surface area contributed by atoms with Crippen LogP contribution in [0, 0.1) is 11.8 Å². The third-order valence-electron chi connectivity index (χ3n) is 4.41. The maximum atomic E-state index is 5.45. The number of hydrogen-bond acceptors (Lipinski definition) is 5. The minimum absolute atomic E-state index is 0. The molecule has 1 aromatic heterocycles. The Balaban J connectivity index is 0.00000132. The van der Waals surface area contributed by atoms with Gasteiger partial charge >= 0.3 is 17.1 Å². The summed E-state index contributed by atoms with van der Waals surface area (Å²) in [5, 5.41) is 9.08. The van der Waals surface area contributed by atoms with Crippen LogP contribution in [0.3, 0.4) is 0 Å². The largest absolute Gasteiger partial charge is 2.00 e. The predicted octanol–water partition coefficient (Wildman–Crippen LogP) is -0.773. The Labute approximate surface area is 159 Å². The number of halogens is 1. The molecule has 3 fully saturated rings. The van der Waals surface area contributed by atoms with Crippen LogP contribution in [0.1, 0.15) is 38.3 Å². The average molecular weight is 401 g/mol. The van der Waals surface area contributed by atoms with Gasteiger partial charge in [-0.15, -0.1) is 0 Å². The van der Waals surface area contributed by atoms with Gasteiger partial charge in [0.2, 0.25) is 0 Å². The summed E-state index contributed by atoms with van der Waals surface area (Å²) in [7, 11) is 0. The first kappa shape index (κ1) is 20.3. The summed E-state index contributed by atoms with van der Waals surface area (Å²) >= 11 is 5.45. The molecule has 4 rings (SSSR count). The molecule has 3 heterocycles. The molecular formula is C15H20ClCuN5S. The fraction of sp³-hybridized carbons (Fsp3) is 0.600. The van der Waals surface area contributed by atoms with Gasteiger partial charge < -0.3 is 29.9 Å². The van der Waals surface area contributed by atoms with E-state index in [0.29, 0.717) is 5.17 Å². The molecule has 0 N–H and O–H groups in total. The van der Waals surface area contributed by atoms with Gasteiger partial charge in [-0.1, -0.05) is 0 Å². The molecule has 0 unspecified atom stereocenters. The van der Waals surface area contributed by atoms with Gasteiger partial charge in [-0.2, -0.15) is 10.2 Å². The number of nitrogens with zero attached hydrogens (tertiary/aromatic N) is 5. The van der Waals surface area contributed by atoms with Crippen molar-refractivity contribution in [3.63, 3.8) is 0 Å². The molecule has 1 saturated carbocycles. The number of rotatable bonds is 2. The predicted molar refractivity (Wildman–Crippen MR) is 86.1 cm³/mol. The van der Waals surface area contributed by atoms with Gasteiger partial charge in [-0.3, -0.25) is 9.97 Å². The zero-order valence-corrected chi connectivity index (χ0v) is 15.5. The van der Waals surface area contributed by atoms with E-state index in [9.17, 15) is 0 Å². The molecule has 23 heavy (non-hydrogen) atoms. The van der Waals surface area contributed by atoms with Crippen LogP contribution in [-0.2, 0) is 29.7 Å². The molecule has 8 heteroatoms. The SMILES string of the molecule is C/C(=N\N=C(/[S-])N1CC2CCC(CC2)C1)c1cnccn1.[Cl-].[Cu+2]. The summed E-state index contributed by atoms with van der Waals surface area (Å²) in [5.41, 5.74) is 1.48. The van der Waals surface area contributed by atoms with Gasteiger partial charge in [-0.25, -0.2) is 0 Å². The first-order valence-electron chi connectivity index (χ1n) is 7.53. The van der Waals surface area contributed by atoms with Gasteiger partial charge in [-0.05, 0) is 44.4 Å². The summed E-state index contributed by atoms with van der Waals surface area (Å²) in [5.74, 6) is 1.56. The summed E-state index contributed by atoms with van der Waals surface area (Å²) in [6.07, 6.45) is 10.3. The molecule has 2 bridgehead atoms. The molecule has 0 aromatic carbocycles. The normalized spacial score (nSPS) is 24.5. The summed E-state index contributed by atoms with van der Waals surface area (Å²) < 4.78 is 0. The Kier molecular flexibility index (Phi) is 8.40. The van der Waals surface area contributed by atoms with Crippen molar-refractivity contribution in [2.24, 2.45) is 22.0 Å². The van der Waals surface area contributed by atoms with Crippen LogP contribution in [0.5, 0.6) is 0 Å². The number of aromatic nitrogens is 2. The Morgan fingerprint density at radius 2 is 1.74 bits per heavy atom. The van der Waals surface area contributed by atoms with Crippen LogP contribution in [0.2, 0.25) is 0 Å². The third-order valence-corrected chi connectivity index (χ3v) is 4.75. The van der Waals surface area contributed by atoms with Crippen molar-refractivity contribution < 1.29 is 29.5 Å². The molecule has 0 spiro atoms. The second kappa shape index (κ2) is 9.52. The second-order valence-electron chi connectivity index (χ2n) is 5.95. The van der Waals surface area contributed by atoms with Crippen molar-refractivity contribution in [1.29, 1.82) is 0 Å². The Morgan fingerprint density at radius 1 is 1.13 bits per heavy atom. The van der Waals surface area contributed by atoms with Crippen LogP contribution >= 0.6 is 0 Å². The number of hydrogen-bond donors (Lipinski definition) is 0. The van der Waals surface area contributed by atoms with Crippen molar-refractivity contribution in [2.75, 3.05) is 13.1 Å². The van der Waals surface area contributed by atoms with Crippen LogP contribution in [0.4, 0.5) is 0 Å². The number of fused-ring (bicyclic) bond motifs is 4. The third kappa shape index (κ3) is 5.38. The topological polar surface area (TPSA) is 53.7 Å². The smallest absolute Gasteiger partial charge is 1.00 e. The molecule has 0 amide bonds. The molecular weight excluding hydrogens is 381 g/mol. The zero-order valence-electron chi connectivity index (χ0n) is 13.0. The van der Waals surface area contributed by atoms with E-state index in [4.69, 9.17) is 12.6 Å². The van der Waals surface area contributed by atoms with Gasteiger partial charge in [0.25, 0.3) is 0 Å². The van der Waals surface area contributed by atoms with Crippen molar-refractivity contribution in [1.82, 2.24) is 14.9 Å². The maximum absolute atomic E-state index is 5.45. The van der Waals surface area contributed by atoms with E-state index in [1.807, 2.05) is 6.92 Å². The molecule has 5 nitrogen and oxygen atoms in total. The van der Waals surface area contributed by atoms with E-state index >= 15 is 0 Å². The fourth-order valence-electron chi connectivity index (χ4n) is 3.17. The maximum Gasteiger partial charge on any atom is 2.00 e. The second-order valence-corrected chi connectivity index (χ2v) is 6.32. The molecule has 0 atom stereocenters. The van der Waals surface area contributed by atoms with Crippen LogP contribution in [0.25, 0.3) is 0 Å². The summed E-state index contributed by atoms with van der Waals surface area (Å²) in [6, 6.07) is 0. The first-order chi connectivity index (χ1) is 10.2. The van der Waals surface area contributed by atoms with Gasteiger partial charge in [0.15, 0.2) is 0 Å². The van der Waals surface area contributed by atoms with Crippen molar-refractivity contribution in [2.45, 2.75) is 32.6 Å². The molecule has 1 radical (unpaired) electrons. The Morgan fingerprint density at radius 3 is 2.26 bits per heavy atom. The average Bonchev–Trinajstić information content (AvgIpc) is 2.87. The van der Waals surface area contributed by atoms with E-state index in [-0.39, 0.29) is 29.5 Å². The summed E-state index contributed by atoms with van der Waals surface area (Å²) in [6.45, 7) is 3.96. The van der Waals surface area contributed by atoms with E-state index in [0.717, 1.165) is 36.3 Å². The van der Waals surface area contributed by atoms with Gasteiger partial charge in [0.1, 0.15) is 5.69 Å². The molecule has 1 aliphatic carbocycles.